The van der Waals surface area contributed by atoms with E-state index in [4.69, 9.17) is 4.74 Å². The lowest BCUT2D eigenvalue weighted by Crippen LogP contribution is -2.01. The van der Waals surface area contributed by atoms with Gasteiger partial charge in [-0.05, 0) is 18.6 Å². The van der Waals surface area contributed by atoms with Crippen molar-refractivity contribution in [1.29, 1.82) is 0 Å². The molecule has 0 fully saturated rings. The molecule has 0 amide bonds. The van der Waals surface area contributed by atoms with Crippen molar-refractivity contribution in [3.8, 4) is 17.0 Å². The topological polar surface area (TPSA) is 46.5 Å². The van der Waals surface area contributed by atoms with E-state index in [1.54, 1.807) is 0 Å². The van der Waals surface area contributed by atoms with Crippen LogP contribution in [0.1, 0.15) is 18.9 Å². The maximum absolute atomic E-state index is 13.7. The van der Waals surface area contributed by atoms with E-state index in [1.807, 2.05) is 42.6 Å². The Kier molecular flexibility index (Phi) is 5.91. The molecule has 2 aromatic carbocycles. The molecular weight excluding hydrogens is 356 g/mol. The Balaban J connectivity index is 1.69. The third kappa shape index (κ3) is 4.43. The number of ether oxygens (including phenoxy) is 1. The maximum Gasteiger partial charge on any atom is 0.203 e. The quantitative estimate of drug-likeness (QED) is 0.450. The largest absolute Gasteiger partial charge is 0.490 e. The molecule has 0 bridgehead atoms. The van der Waals surface area contributed by atoms with Gasteiger partial charge in [-0.15, -0.1) is 11.3 Å². The zero-order valence-electron chi connectivity index (χ0n) is 14.1. The fourth-order valence-corrected chi connectivity index (χ4v) is 2.87. The molecule has 0 aliphatic carbocycles. The lowest BCUT2D eigenvalue weighted by Gasteiger charge is -2.07. The van der Waals surface area contributed by atoms with Gasteiger partial charge in [-0.3, -0.25) is 5.43 Å². The van der Waals surface area contributed by atoms with Gasteiger partial charge in [-0.2, -0.15) is 9.49 Å². The summed E-state index contributed by atoms with van der Waals surface area (Å²) < 4.78 is 32.6. The van der Waals surface area contributed by atoms with Crippen LogP contribution < -0.4 is 10.2 Å². The van der Waals surface area contributed by atoms with Crippen LogP contribution in [0.2, 0.25) is 0 Å². The molecule has 0 saturated heterocycles. The van der Waals surface area contributed by atoms with E-state index in [0.717, 1.165) is 17.3 Å². The molecule has 0 saturated carbocycles. The number of nitrogens with one attached hydrogen (secondary N) is 1. The van der Waals surface area contributed by atoms with Crippen LogP contribution in [0.3, 0.4) is 0 Å². The number of benzene rings is 2. The van der Waals surface area contributed by atoms with Crippen molar-refractivity contribution in [3.63, 3.8) is 0 Å². The molecule has 3 rings (SSSR count). The van der Waals surface area contributed by atoms with Crippen LogP contribution in [-0.4, -0.2) is 17.8 Å². The molecule has 0 radical (unpaired) electrons. The second-order valence-corrected chi connectivity index (χ2v) is 6.30. The lowest BCUT2D eigenvalue weighted by molar-refractivity contribution is 0.295. The Labute approximate surface area is 154 Å². The van der Waals surface area contributed by atoms with E-state index in [0.29, 0.717) is 23.7 Å². The zero-order chi connectivity index (χ0) is 18.4. The predicted molar refractivity (Wildman–Crippen MR) is 101 cm³/mol. The molecule has 7 heteroatoms. The number of aromatic nitrogens is 1. The van der Waals surface area contributed by atoms with Crippen molar-refractivity contribution in [3.05, 3.63) is 65.0 Å². The number of hydrogen-bond donors (Lipinski definition) is 1. The van der Waals surface area contributed by atoms with E-state index < -0.39 is 11.6 Å². The first-order valence-electron chi connectivity index (χ1n) is 8.09. The number of thiazole rings is 1. The highest BCUT2D eigenvalue weighted by Gasteiger charge is 2.11. The molecule has 0 unspecified atom stereocenters. The maximum atomic E-state index is 13.7. The highest BCUT2D eigenvalue weighted by Crippen LogP contribution is 2.25. The molecule has 1 N–H and O–H groups in total. The normalized spacial score (nSPS) is 11.0. The van der Waals surface area contributed by atoms with E-state index in [-0.39, 0.29) is 5.75 Å². The summed E-state index contributed by atoms with van der Waals surface area (Å²) in [6.45, 7) is 2.21. The third-order valence-corrected chi connectivity index (χ3v) is 4.17. The van der Waals surface area contributed by atoms with Crippen LogP contribution in [0.15, 0.2) is 52.9 Å². The van der Waals surface area contributed by atoms with Crippen LogP contribution in [-0.2, 0) is 0 Å². The van der Waals surface area contributed by atoms with Crippen LogP contribution in [0.5, 0.6) is 5.75 Å². The molecule has 0 spiro atoms. The number of anilines is 1. The van der Waals surface area contributed by atoms with E-state index in [1.165, 1.54) is 23.6 Å². The van der Waals surface area contributed by atoms with E-state index in [2.05, 4.69) is 15.5 Å². The predicted octanol–water partition coefficient (Wildman–Crippen LogP) is 5.32. The first-order chi connectivity index (χ1) is 12.7. The van der Waals surface area contributed by atoms with Gasteiger partial charge in [0.1, 0.15) is 0 Å². The smallest absolute Gasteiger partial charge is 0.203 e. The molecular formula is C19H17F2N3OS. The average molecular weight is 373 g/mol. The fourth-order valence-electron chi connectivity index (χ4n) is 2.20. The summed E-state index contributed by atoms with van der Waals surface area (Å²) in [5.74, 6) is -2.08. The highest BCUT2D eigenvalue weighted by molar-refractivity contribution is 7.14. The van der Waals surface area contributed by atoms with Gasteiger partial charge in [0, 0.05) is 16.5 Å². The van der Waals surface area contributed by atoms with Crippen molar-refractivity contribution in [2.75, 3.05) is 12.0 Å². The molecule has 3 aromatic rings. The molecule has 0 atom stereocenters. The Morgan fingerprint density at radius 1 is 1.23 bits per heavy atom. The van der Waals surface area contributed by atoms with Crippen molar-refractivity contribution in [2.24, 2.45) is 5.10 Å². The minimum Gasteiger partial charge on any atom is -0.490 e. The van der Waals surface area contributed by atoms with Crippen LogP contribution in [0.4, 0.5) is 13.9 Å². The first-order valence-corrected chi connectivity index (χ1v) is 8.97. The SMILES string of the molecule is CCCOc1cc(C=NNc2nc(-c3ccccc3)cs2)cc(F)c1F. The summed E-state index contributed by atoms with van der Waals surface area (Å²) in [6, 6.07) is 12.3. The summed E-state index contributed by atoms with van der Waals surface area (Å²) in [5.41, 5.74) is 5.05. The number of hydrazone groups is 1. The van der Waals surface area contributed by atoms with Crippen molar-refractivity contribution >= 4 is 22.7 Å². The monoisotopic (exact) mass is 373 g/mol. The van der Waals surface area contributed by atoms with Crippen molar-refractivity contribution < 1.29 is 13.5 Å². The van der Waals surface area contributed by atoms with Gasteiger partial charge in [-0.1, -0.05) is 37.3 Å². The number of halogens is 2. The summed E-state index contributed by atoms with van der Waals surface area (Å²) in [6.07, 6.45) is 2.10. The molecule has 134 valence electrons. The van der Waals surface area contributed by atoms with Gasteiger partial charge in [0.15, 0.2) is 11.6 Å². The van der Waals surface area contributed by atoms with Gasteiger partial charge in [0.05, 0.1) is 18.5 Å². The second kappa shape index (κ2) is 8.53. The molecule has 1 aromatic heterocycles. The standard InChI is InChI=1S/C19H17F2N3OS/c1-2-8-25-17-10-13(9-15(20)18(17)21)11-22-24-19-23-16(12-26-19)14-6-4-3-5-7-14/h3-7,9-12H,2,8H2,1H3,(H,23,24). The average Bonchev–Trinajstić information content (AvgIpc) is 3.13. The minimum absolute atomic E-state index is 0.117. The highest BCUT2D eigenvalue weighted by atomic mass is 32.1. The Hall–Kier alpha value is -2.80. The summed E-state index contributed by atoms with van der Waals surface area (Å²) in [4.78, 5) is 4.44. The molecule has 1 heterocycles. The Bertz CT molecular complexity index is 897. The van der Waals surface area contributed by atoms with Gasteiger partial charge >= 0.3 is 0 Å². The van der Waals surface area contributed by atoms with Crippen LogP contribution in [0.25, 0.3) is 11.3 Å². The Morgan fingerprint density at radius 2 is 2.04 bits per heavy atom. The molecule has 0 aliphatic heterocycles. The molecule has 26 heavy (non-hydrogen) atoms. The Morgan fingerprint density at radius 3 is 2.81 bits per heavy atom. The first kappa shape index (κ1) is 18.0. The summed E-state index contributed by atoms with van der Waals surface area (Å²) >= 11 is 1.40. The number of rotatable bonds is 7. The summed E-state index contributed by atoms with van der Waals surface area (Å²) in [5, 5.41) is 6.56. The van der Waals surface area contributed by atoms with Gasteiger partial charge < -0.3 is 4.74 Å². The number of hydrogen-bond acceptors (Lipinski definition) is 5. The van der Waals surface area contributed by atoms with Crippen molar-refractivity contribution in [2.45, 2.75) is 13.3 Å². The lowest BCUT2D eigenvalue weighted by atomic mass is 10.2. The zero-order valence-corrected chi connectivity index (χ0v) is 14.9. The van der Waals surface area contributed by atoms with Gasteiger partial charge in [0.2, 0.25) is 10.9 Å². The molecule has 0 aliphatic rings. The second-order valence-electron chi connectivity index (χ2n) is 5.44. The number of nitrogens with zero attached hydrogens (tertiary/aromatic N) is 2. The van der Waals surface area contributed by atoms with Gasteiger partial charge in [0.25, 0.3) is 0 Å². The van der Waals surface area contributed by atoms with Gasteiger partial charge in [-0.25, -0.2) is 9.37 Å². The fraction of sp³-hybridized carbons (Fsp3) is 0.158. The van der Waals surface area contributed by atoms with Crippen LogP contribution >= 0.6 is 11.3 Å². The van der Waals surface area contributed by atoms with Crippen LogP contribution in [0, 0.1) is 11.6 Å². The third-order valence-electron chi connectivity index (χ3n) is 3.43. The molecule has 4 nitrogen and oxygen atoms in total. The van der Waals surface area contributed by atoms with E-state index >= 15 is 0 Å². The minimum atomic E-state index is -0.990. The summed E-state index contributed by atoms with van der Waals surface area (Å²) in [7, 11) is 0. The van der Waals surface area contributed by atoms with E-state index in [9.17, 15) is 8.78 Å². The van der Waals surface area contributed by atoms with Crippen molar-refractivity contribution in [1.82, 2.24) is 4.98 Å².